The Morgan fingerprint density at radius 2 is 1.96 bits per heavy atom. The van der Waals surface area contributed by atoms with E-state index in [-0.39, 0.29) is 12.3 Å². The zero-order valence-corrected chi connectivity index (χ0v) is 15.1. The van der Waals surface area contributed by atoms with Crippen LogP contribution < -0.4 is 10.1 Å². The van der Waals surface area contributed by atoms with Gasteiger partial charge in [-0.15, -0.1) is 0 Å². The third-order valence-electron chi connectivity index (χ3n) is 3.71. The van der Waals surface area contributed by atoms with E-state index in [1.807, 2.05) is 43.3 Å². The minimum atomic E-state index is -0.122. The van der Waals surface area contributed by atoms with E-state index in [0.717, 1.165) is 5.56 Å². The Kier molecular flexibility index (Phi) is 5.92. The van der Waals surface area contributed by atoms with Gasteiger partial charge in [-0.2, -0.15) is 0 Å². The van der Waals surface area contributed by atoms with Crippen molar-refractivity contribution in [1.29, 1.82) is 0 Å². The SMILES string of the molecule is CCOc1ccccc1NC(=O)CCc1ncc(-c2ccc(Cl)cc2)o1. The molecule has 0 aliphatic rings. The van der Waals surface area contributed by atoms with Crippen molar-refractivity contribution in [2.24, 2.45) is 0 Å². The molecule has 5 nitrogen and oxygen atoms in total. The summed E-state index contributed by atoms with van der Waals surface area (Å²) >= 11 is 5.89. The van der Waals surface area contributed by atoms with Crippen LogP contribution in [0.5, 0.6) is 5.75 Å². The summed E-state index contributed by atoms with van der Waals surface area (Å²) in [6.07, 6.45) is 2.33. The normalized spacial score (nSPS) is 10.5. The van der Waals surface area contributed by atoms with Crippen molar-refractivity contribution in [1.82, 2.24) is 4.98 Å². The number of ether oxygens (including phenoxy) is 1. The molecule has 3 aromatic rings. The van der Waals surface area contributed by atoms with Gasteiger partial charge in [-0.3, -0.25) is 4.79 Å². The maximum absolute atomic E-state index is 12.2. The van der Waals surface area contributed by atoms with E-state index in [2.05, 4.69) is 10.3 Å². The molecule has 0 unspecified atom stereocenters. The first-order chi connectivity index (χ1) is 12.7. The fourth-order valence-electron chi connectivity index (χ4n) is 2.46. The van der Waals surface area contributed by atoms with E-state index in [4.69, 9.17) is 20.8 Å². The average Bonchev–Trinajstić information content (AvgIpc) is 3.11. The van der Waals surface area contributed by atoms with Crippen LogP contribution in [-0.2, 0) is 11.2 Å². The summed E-state index contributed by atoms with van der Waals surface area (Å²) in [5.74, 6) is 1.70. The van der Waals surface area contributed by atoms with Crippen LogP contribution in [0.15, 0.2) is 59.1 Å². The highest BCUT2D eigenvalue weighted by Gasteiger charge is 2.11. The Hall–Kier alpha value is -2.79. The molecule has 3 rings (SSSR count). The molecule has 0 spiro atoms. The van der Waals surface area contributed by atoms with Crippen molar-refractivity contribution in [3.05, 3.63) is 65.6 Å². The highest BCUT2D eigenvalue weighted by Crippen LogP contribution is 2.25. The summed E-state index contributed by atoms with van der Waals surface area (Å²) in [7, 11) is 0. The molecule has 26 heavy (non-hydrogen) atoms. The lowest BCUT2D eigenvalue weighted by molar-refractivity contribution is -0.116. The molecular weight excluding hydrogens is 352 g/mol. The Morgan fingerprint density at radius 3 is 2.73 bits per heavy atom. The first kappa shape index (κ1) is 18.0. The molecule has 0 fully saturated rings. The predicted molar refractivity (Wildman–Crippen MR) is 102 cm³/mol. The summed E-state index contributed by atoms with van der Waals surface area (Å²) in [5.41, 5.74) is 1.55. The largest absolute Gasteiger partial charge is 0.492 e. The highest BCUT2D eigenvalue weighted by atomic mass is 35.5. The fraction of sp³-hybridized carbons (Fsp3) is 0.200. The third-order valence-corrected chi connectivity index (χ3v) is 3.96. The number of aryl methyl sites for hydroxylation is 1. The second kappa shape index (κ2) is 8.54. The number of amides is 1. The fourth-order valence-corrected chi connectivity index (χ4v) is 2.58. The van der Waals surface area contributed by atoms with Crippen LogP contribution in [0.25, 0.3) is 11.3 Å². The summed E-state index contributed by atoms with van der Waals surface area (Å²) in [6.45, 7) is 2.44. The van der Waals surface area contributed by atoms with Gasteiger partial charge in [0, 0.05) is 23.4 Å². The first-order valence-electron chi connectivity index (χ1n) is 8.38. The number of anilines is 1. The molecule has 0 aliphatic heterocycles. The van der Waals surface area contributed by atoms with Crippen LogP contribution in [-0.4, -0.2) is 17.5 Å². The zero-order valence-electron chi connectivity index (χ0n) is 14.4. The minimum Gasteiger partial charge on any atom is -0.492 e. The lowest BCUT2D eigenvalue weighted by Crippen LogP contribution is -2.13. The number of halogens is 1. The molecule has 0 atom stereocenters. The van der Waals surface area contributed by atoms with Gasteiger partial charge >= 0.3 is 0 Å². The number of carbonyl (C=O) groups is 1. The van der Waals surface area contributed by atoms with Crippen LogP contribution in [0.3, 0.4) is 0 Å². The molecule has 0 aliphatic carbocycles. The van der Waals surface area contributed by atoms with Crippen molar-refractivity contribution in [3.8, 4) is 17.1 Å². The number of nitrogens with zero attached hydrogens (tertiary/aromatic N) is 1. The van der Waals surface area contributed by atoms with Crippen molar-refractivity contribution >= 4 is 23.2 Å². The van der Waals surface area contributed by atoms with Gasteiger partial charge in [0.05, 0.1) is 18.5 Å². The van der Waals surface area contributed by atoms with Gasteiger partial charge in [0.2, 0.25) is 5.91 Å². The molecule has 0 bridgehead atoms. The van der Waals surface area contributed by atoms with Crippen molar-refractivity contribution in [2.45, 2.75) is 19.8 Å². The molecular formula is C20H19ClN2O3. The second-order valence-electron chi connectivity index (χ2n) is 5.60. The summed E-state index contributed by atoms with van der Waals surface area (Å²) in [4.78, 5) is 16.4. The van der Waals surface area contributed by atoms with E-state index < -0.39 is 0 Å². The van der Waals surface area contributed by atoms with E-state index in [0.29, 0.717) is 41.1 Å². The summed E-state index contributed by atoms with van der Waals surface area (Å²) < 4.78 is 11.2. The lowest BCUT2D eigenvalue weighted by Gasteiger charge is -2.10. The standard InChI is InChI=1S/C20H19ClN2O3/c1-2-25-17-6-4-3-5-16(17)23-19(24)11-12-20-22-13-18(26-20)14-7-9-15(21)10-8-14/h3-10,13H,2,11-12H2,1H3,(H,23,24). The van der Waals surface area contributed by atoms with Crippen molar-refractivity contribution in [2.75, 3.05) is 11.9 Å². The molecule has 1 amide bonds. The van der Waals surface area contributed by atoms with Crippen molar-refractivity contribution < 1.29 is 13.9 Å². The Labute approximate surface area is 157 Å². The molecule has 0 saturated heterocycles. The number of hydrogen-bond acceptors (Lipinski definition) is 4. The highest BCUT2D eigenvalue weighted by molar-refractivity contribution is 6.30. The predicted octanol–water partition coefficient (Wildman–Crippen LogP) is 4.97. The summed E-state index contributed by atoms with van der Waals surface area (Å²) in [5, 5.41) is 3.53. The summed E-state index contributed by atoms with van der Waals surface area (Å²) in [6, 6.07) is 14.7. The molecule has 2 aromatic carbocycles. The number of nitrogens with one attached hydrogen (secondary N) is 1. The number of hydrogen-bond donors (Lipinski definition) is 1. The first-order valence-corrected chi connectivity index (χ1v) is 8.76. The number of oxazole rings is 1. The van der Waals surface area contributed by atoms with Crippen LogP contribution >= 0.6 is 11.6 Å². The molecule has 0 radical (unpaired) electrons. The third kappa shape index (κ3) is 4.64. The van der Waals surface area contributed by atoms with E-state index in [1.165, 1.54) is 0 Å². The number of rotatable bonds is 7. The van der Waals surface area contributed by atoms with Gasteiger partial charge in [-0.25, -0.2) is 4.98 Å². The Balaban J connectivity index is 1.58. The van der Waals surface area contributed by atoms with Gasteiger partial charge in [0.1, 0.15) is 5.75 Å². The van der Waals surface area contributed by atoms with Gasteiger partial charge in [-0.1, -0.05) is 23.7 Å². The number of benzene rings is 2. The van der Waals surface area contributed by atoms with E-state index in [9.17, 15) is 4.79 Å². The number of aromatic nitrogens is 1. The molecule has 1 heterocycles. The Morgan fingerprint density at radius 1 is 1.19 bits per heavy atom. The van der Waals surface area contributed by atoms with Crippen LogP contribution in [0.2, 0.25) is 5.02 Å². The maximum Gasteiger partial charge on any atom is 0.224 e. The second-order valence-corrected chi connectivity index (χ2v) is 6.04. The molecule has 134 valence electrons. The minimum absolute atomic E-state index is 0.122. The van der Waals surface area contributed by atoms with Crippen LogP contribution in [0.1, 0.15) is 19.2 Å². The van der Waals surface area contributed by atoms with Crippen molar-refractivity contribution in [3.63, 3.8) is 0 Å². The van der Waals surface area contributed by atoms with Gasteiger partial charge in [0.15, 0.2) is 11.7 Å². The van der Waals surface area contributed by atoms with Gasteiger partial charge in [0.25, 0.3) is 0 Å². The van der Waals surface area contributed by atoms with E-state index >= 15 is 0 Å². The van der Waals surface area contributed by atoms with E-state index in [1.54, 1.807) is 18.3 Å². The molecule has 1 aromatic heterocycles. The monoisotopic (exact) mass is 370 g/mol. The van der Waals surface area contributed by atoms with Crippen LogP contribution in [0.4, 0.5) is 5.69 Å². The lowest BCUT2D eigenvalue weighted by atomic mass is 10.2. The topological polar surface area (TPSA) is 64.4 Å². The number of para-hydroxylation sites is 2. The maximum atomic E-state index is 12.2. The van der Waals surface area contributed by atoms with Gasteiger partial charge < -0.3 is 14.5 Å². The van der Waals surface area contributed by atoms with Gasteiger partial charge in [-0.05, 0) is 43.3 Å². The Bertz CT molecular complexity index is 875. The smallest absolute Gasteiger partial charge is 0.224 e. The molecule has 6 heteroatoms. The number of carbonyl (C=O) groups excluding carboxylic acids is 1. The van der Waals surface area contributed by atoms with Crippen LogP contribution in [0, 0.1) is 0 Å². The quantitative estimate of drug-likeness (QED) is 0.638. The average molecular weight is 371 g/mol. The molecule has 0 saturated carbocycles. The zero-order chi connectivity index (χ0) is 18.4. The molecule has 1 N–H and O–H groups in total.